The van der Waals surface area contributed by atoms with Crippen molar-refractivity contribution in [3.8, 4) is 11.3 Å². The highest BCUT2D eigenvalue weighted by atomic mass is 32.1. The van der Waals surface area contributed by atoms with E-state index in [9.17, 15) is 0 Å². The maximum absolute atomic E-state index is 4.74. The van der Waals surface area contributed by atoms with Crippen LogP contribution in [-0.4, -0.2) is 51.2 Å². The van der Waals surface area contributed by atoms with Gasteiger partial charge in [-0.05, 0) is 49.4 Å². The van der Waals surface area contributed by atoms with E-state index < -0.39 is 0 Å². The first-order chi connectivity index (χ1) is 14.8. The molecular weight excluding hydrogens is 394 g/mol. The average molecular weight is 420 g/mol. The number of fused-ring (bicyclic) bond motifs is 1. The monoisotopic (exact) mass is 419 g/mol. The van der Waals surface area contributed by atoms with Crippen molar-refractivity contribution in [2.24, 2.45) is 5.92 Å². The van der Waals surface area contributed by atoms with Gasteiger partial charge in [-0.25, -0.2) is 9.50 Å². The first-order valence-corrected chi connectivity index (χ1v) is 11.2. The Labute approximate surface area is 180 Å². The van der Waals surface area contributed by atoms with Gasteiger partial charge in [0, 0.05) is 62.7 Å². The lowest BCUT2D eigenvalue weighted by atomic mass is 9.93. The van der Waals surface area contributed by atoms with Crippen molar-refractivity contribution in [3.63, 3.8) is 0 Å². The molecule has 1 fully saturated rings. The molecule has 1 aliphatic rings. The SMILES string of the molecule is CN(CCC1CCN(c2ccncc2)CC1)c1nn2cc(-c3cccnc3)nc2s1. The first-order valence-electron chi connectivity index (χ1n) is 10.4. The van der Waals surface area contributed by atoms with Crippen LogP contribution in [0.15, 0.2) is 55.2 Å². The van der Waals surface area contributed by atoms with Crippen molar-refractivity contribution in [1.82, 2.24) is 24.6 Å². The molecule has 4 aromatic rings. The van der Waals surface area contributed by atoms with Crippen LogP contribution in [0.2, 0.25) is 0 Å². The van der Waals surface area contributed by atoms with E-state index in [2.05, 4.69) is 38.9 Å². The molecule has 0 saturated carbocycles. The average Bonchev–Trinajstić information content (AvgIpc) is 3.39. The van der Waals surface area contributed by atoms with Gasteiger partial charge in [0.25, 0.3) is 0 Å². The van der Waals surface area contributed by atoms with Gasteiger partial charge in [0.2, 0.25) is 10.1 Å². The van der Waals surface area contributed by atoms with Gasteiger partial charge in [-0.2, -0.15) is 0 Å². The van der Waals surface area contributed by atoms with Gasteiger partial charge in [0.1, 0.15) is 0 Å². The fourth-order valence-electron chi connectivity index (χ4n) is 4.00. The van der Waals surface area contributed by atoms with Gasteiger partial charge in [0.15, 0.2) is 0 Å². The molecule has 8 heteroatoms. The van der Waals surface area contributed by atoms with Crippen LogP contribution in [0.25, 0.3) is 16.2 Å². The van der Waals surface area contributed by atoms with Crippen molar-refractivity contribution in [3.05, 3.63) is 55.2 Å². The molecule has 1 aliphatic heterocycles. The van der Waals surface area contributed by atoms with Crippen LogP contribution >= 0.6 is 11.3 Å². The van der Waals surface area contributed by atoms with Crippen LogP contribution in [0.1, 0.15) is 19.3 Å². The van der Waals surface area contributed by atoms with E-state index in [0.717, 1.165) is 46.9 Å². The molecule has 0 atom stereocenters. The molecule has 154 valence electrons. The maximum Gasteiger partial charge on any atom is 0.214 e. The van der Waals surface area contributed by atoms with E-state index in [1.54, 1.807) is 17.5 Å². The van der Waals surface area contributed by atoms with Crippen molar-refractivity contribution in [1.29, 1.82) is 0 Å². The molecule has 7 nitrogen and oxygen atoms in total. The van der Waals surface area contributed by atoms with E-state index >= 15 is 0 Å². The Balaban J connectivity index is 1.16. The molecule has 0 unspecified atom stereocenters. The molecule has 4 aromatic heterocycles. The van der Waals surface area contributed by atoms with Gasteiger partial charge in [-0.15, -0.1) is 5.10 Å². The second-order valence-electron chi connectivity index (χ2n) is 7.83. The Morgan fingerprint density at radius 3 is 2.67 bits per heavy atom. The van der Waals surface area contributed by atoms with E-state index in [1.165, 1.54) is 24.9 Å². The summed E-state index contributed by atoms with van der Waals surface area (Å²) in [7, 11) is 2.13. The molecular formula is C22H25N7S. The highest BCUT2D eigenvalue weighted by Crippen LogP contribution is 2.28. The zero-order valence-electron chi connectivity index (χ0n) is 17.1. The lowest BCUT2D eigenvalue weighted by Gasteiger charge is -2.34. The summed E-state index contributed by atoms with van der Waals surface area (Å²) in [5, 5.41) is 5.76. The van der Waals surface area contributed by atoms with Gasteiger partial charge in [-0.3, -0.25) is 9.97 Å². The van der Waals surface area contributed by atoms with E-state index in [1.807, 2.05) is 41.4 Å². The van der Waals surface area contributed by atoms with Crippen molar-refractivity contribution in [2.75, 3.05) is 36.5 Å². The standard InChI is InChI=1S/C22H25N7S/c1-27(12-6-17-7-13-28(14-8-17)19-4-10-23-11-5-19)22-26-29-16-20(25-21(29)30-22)18-3-2-9-24-15-18/h2-5,9-11,15-17H,6-8,12-14H2,1H3. The largest absolute Gasteiger partial charge is 0.371 e. The van der Waals surface area contributed by atoms with E-state index in [4.69, 9.17) is 10.1 Å². The molecule has 0 N–H and O–H groups in total. The highest BCUT2D eigenvalue weighted by molar-refractivity contribution is 7.20. The van der Waals surface area contributed by atoms with Gasteiger partial charge in [0.05, 0.1) is 11.9 Å². The van der Waals surface area contributed by atoms with Crippen molar-refractivity contribution < 1.29 is 0 Å². The first kappa shape index (κ1) is 19.0. The van der Waals surface area contributed by atoms with Crippen LogP contribution < -0.4 is 9.80 Å². The number of nitrogens with zero attached hydrogens (tertiary/aromatic N) is 7. The van der Waals surface area contributed by atoms with E-state index in [0.29, 0.717) is 0 Å². The minimum atomic E-state index is 0.770. The van der Waals surface area contributed by atoms with Gasteiger partial charge in [-0.1, -0.05) is 11.3 Å². The fourth-order valence-corrected chi connectivity index (χ4v) is 4.87. The number of anilines is 2. The molecule has 5 rings (SSSR count). The Morgan fingerprint density at radius 2 is 1.93 bits per heavy atom. The van der Waals surface area contributed by atoms with Crippen LogP contribution in [-0.2, 0) is 0 Å². The molecule has 0 spiro atoms. The lowest BCUT2D eigenvalue weighted by molar-refractivity contribution is 0.384. The number of piperidine rings is 1. The second kappa shape index (κ2) is 8.39. The maximum atomic E-state index is 4.74. The number of imidazole rings is 1. The van der Waals surface area contributed by atoms with Gasteiger partial charge < -0.3 is 9.80 Å². The fraction of sp³-hybridized carbons (Fsp3) is 0.364. The topological polar surface area (TPSA) is 62.5 Å². The molecule has 0 aliphatic carbocycles. The van der Waals surface area contributed by atoms with Crippen LogP contribution in [0.3, 0.4) is 0 Å². The normalized spacial score (nSPS) is 15.0. The lowest BCUT2D eigenvalue weighted by Crippen LogP contribution is -2.34. The summed E-state index contributed by atoms with van der Waals surface area (Å²) in [6.45, 7) is 3.27. The molecule has 5 heterocycles. The van der Waals surface area contributed by atoms with Crippen LogP contribution in [0.5, 0.6) is 0 Å². The summed E-state index contributed by atoms with van der Waals surface area (Å²) in [6, 6.07) is 8.16. The van der Waals surface area contributed by atoms with Crippen molar-refractivity contribution in [2.45, 2.75) is 19.3 Å². The predicted octanol–water partition coefficient (Wildman–Crippen LogP) is 3.99. The molecule has 0 radical (unpaired) electrons. The predicted molar refractivity (Wildman–Crippen MR) is 121 cm³/mol. The Morgan fingerprint density at radius 1 is 1.10 bits per heavy atom. The minimum absolute atomic E-state index is 0.770. The third-order valence-corrected chi connectivity index (χ3v) is 6.87. The quantitative estimate of drug-likeness (QED) is 0.471. The number of hydrogen-bond donors (Lipinski definition) is 0. The minimum Gasteiger partial charge on any atom is -0.371 e. The summed E-state index contributed by atoms with van der Waals surface area (Å²) in [5.74, 6) is 0.770. The highest BCUT2D eigenvalue weighted by Gasteiger charge is 2.20. The number of aromatic nitrogens is 5. The molecule has 0 bridgehead atoms. The van der Waals surface area contributed by atoms with Crippen LogP contribution in [0, 0.1) is 5.92 Å². The summed E-state index contributed by atoms with van der Waals surface area (Å²) in [4.78, 5) is 18.7. The molecule has 0 aromatic carbocycles. The van der Waals surface area contributed by atoms with Crippen LogP contribution in [0.4, 0.5) is 10.8 Å². The van der Waals surface area contributed by atoms with Gasteiger partial charge >= 0.3 is 0 Å². The summed E-state index contributed by atoms with van der Waals surface area (Å²) in [6.07, 6.45) is 13.0. The number of rotatable bonds is 6. The summed E-state index contributed by atoms with van der Waals surface area (Å²) >= 11 is 1.64. The summed E-state index contributed by atoms with van der Waals surface area (Å²) < 4.78 is 1.88. The van der Waals surface area contributed by atoms with Crippen molar-refractivity contribution >= 4 is 27.1 Å². The Kier molecular flexibility index (Phi) is 5.31. The molecule has 30 heavy (non-hydrogen) atoms. The number of hydrogen-bond acceptors (Lipinski definition) is 7. The zero-order chi connectivity index (χ0) is 20.3. The number of pyridine rings is 2. The third-order valence-electron chi connectivity index (χ3n) is 5.83. The third kappa shape index (κ3) is 4.00. The zero-order valence-corrected chi connectivity index (χ0v) is 17.9. The smallest absolute Gasteiger partial charge is 0.214 e. The molecule has 1 saturated heterocycles. The Bertz CT molecular complexity index is 1050. The second-order valence-corrected chi connectivity index (χ2v) is 8.76. The van der Waals surface area contributed by atoms with E-state index in [-0.39, 0.29) is 0 Å². The molecule has 0 amide bonds. The Hall–Kier alpha value is -3.00. The summed E-state index contributed by atoms with van der Waals surface area (Å²) in [5.41, 5.74) is 3.22.